The molecule has 2 aromatic carbocycles. The van der Waals surface area contributed by atoms with E-state index < -0.39 is 49.5 Å². The van der Waals surface area contributed by atoms with Crippen LogP contribution < -0.4 is 7.16 Å². The molecule has 0 saturated heterocycles. The molecule has 7 heteroatoms. The summed E-state index contributed by atoms with van der Waals surface area (Å²) in [4.78, 5) is 0. The van der Waals surface area contributed by atoms with Crippen molar-refractivity contribution in [2.45, 2.75) is 7.87 Å². The van der Waals surface area contributed by atoms with Crippen LogP contribution in [0, 0.1) is 23.3 Å². The zero-order chi connectivity index (χ0) is 25.6. The molecule has 0 bridgehead atoms. The summed E-state index contributed by atoms with van der Waals surface area (Å²) < 4.78 is 67.1. The van der Waals surface area contributed by atoms with Crippen LogP contribution in [0.25, 0.3) is 11.4 Å². The molecule has 0 N–H and O–H groups in total. The van der Waals surface area contributed by atoms with E-state index in [2.05, 4.69) is 0 Å². The number of hydrogen-bond acceptors (Lipinski definition) is 0. The predicted octanol–water partition coefficient (Wildman–Crippen LogP) is 6.38. The summed E-state index contributed by atoms with van der Waals surface area (Å²) in [6.07, 6.45) is 21.1. The van der Waals surface area contributed by atoms with Crippen LogP contribution in [-0.2, 0) is 0 Å². The summed E-state index contributed by atoms with van der Waals surface area (Å²) in [6.45, 7) is 0. The summed E-state index contributed by atoms with van der Waals surface area (Å²) >= 11 is -5.16. The second-order valence-electron chi connectivity index (χ2n) is 9.15. The van der Waals surface area contributed by atoms with Crippen LogP contribution >= 0.6 is 0 Å². The molecular formula is C30H22F4N2Sn. The van der Waals surface area contributed by atoms with E-state index in [1.807, 2.05) is 24.3 Å². The first-order valence-electron chi connectivity index (χ1n) is 12.0. The normalized spacial score (nSPS) is 15.5. The molecule has 0 fully saturated rings. The minimum absolute atomic E-state index is 0.141. The third kappa shape index (κ3) is 3.69. The van der Waals surface area contributed by atoms with Crippen molar-refractivity contribution in [3.8, 4) is 11.4 Å². The zero-order valence-corrected chi connectivity index (χ0v) is 22.5. The Balaban J connectivity index is 1.76. The quantitative estimate of drug-likeness (QED) is 0.179. The summed E-state index contributed by atoms with van der Waals surface area (Å²) in [5, 5.41) is 0. The fourth-order valence-corrected chi connectivity index (χ4v) is 21.8. The number of rotatable bonds is 6. The number of nitrogens with zero attached hydrogens (tertiary/aromatic N) is 2. The molecular weight excluding hydrogens is 583 g/mol. The molecule has 2 aromatic heterocycles. The molecule has 2 nitrogen and oxygen atoms in total. The van der Waals surface area contributed by atoms with Gasteiger partial charge >= 0.3 is 217 Å². The molecule has 0 spiro atoms. The zero-order valence-electron chi connectivity index (χ0n) is 19.6. The SMILES string of the molecule is Fc1ccc(-n2cccc2)c(F)[c]1[Sn]([c]1c(F)ccc(-n2cccc2)c1F)([CH]1C=CC=C1)[CH]1C=CC=C1. The van der Waals surface area contributed by atoms with Crippen molar-refractivity contribution in [2.24, 2.45) is 0 Å². The number of aromatic nitrogens is 2. The molecule has 0 atom stereocenters. The molecule has 0 saturated carbocycles. The van der Waals surface area contributed by atoms with Crippen LogP contribution in [0.1, 0.15) is 0 Å². The molecule has 6 rings (SSSR count). The summed E-state index contributed by atoms with van der Waals surface area (Å²) in [5.74, 6) is -3.12. The molecule has 2 heterocycles. The fourth-order valence-electron chi connectivity index (χ4n) is 5.72. The first kappa shape index (κ1) is 23.9. The fraction of sp³-hybridized carbons (Fsp3) is 0.0667. The van der Waals surface area contributed by atoms with Crippen LogP contribution in [0.3, 0.4) is 0 Å². The van der Waals surface area contributed by atoms with E-state index in [9.17, 15) is 0 Å². The second-order valence-corrected chi connectivity index (χ2v) is 20.8. The van der Waals surface area contributed by atoms with Crippen LogP contribution in [0.15, 0.2) is 122 Å². The Morgan fingerprint density at radius 2 is 0.865 bits per heavy atom. The van der Waals surface area contributed by atoms with Gasteiger partial charge in [0.2, 0.25) is 0 Å². The van der Waals surface area contributed by atoms with Crippen molar-refractivity contribution in [2.75, 3.05) is 0 Å². The van der Waals surface area contributed by atoms with Gasteiger partial charge in [-0.15, -0.1) is 0 Å². The van der Waals surface area contributed by atoms with Gasteiger partial charge in [0.15, 0.2) is 0 Å². The predicted molar refractivity (Wildman–Crippen MR) is 140 cm³/mol. The van der Waals surface area contributed by atoms with Crippen LogP contribution in [0.2, 0.25) is 7.87 Å². The van der Waals surface area contributed by atoms with Crippen molar-refractivity contribution in [3.05, 3.63) is 145 Å². The van der Waals surface area contributed by atoms with Gasteiger partial charge < -0.3 is 0 Å². The maximum absolute atomic E-state index is 16.7. The van der Waals surface area contributed by atoms with Gasteiger partial charge in [0.25, 0.3) is 0 Å². The average Bonchev–Trinajstić information content (AvgIpc) is 3.71. The van der Waals surface area contributed by atoms with E-state index in [0.29, 0.717) is 0 Å². The van der Waals surface area contributed by atoms with E-state index in [1.165, 1.54) is 24.3 Å². The molecule has 4 aromatic rings. The molecule has 0 radical (unpaired) electrons. The van der Waals surface area contributed by atoms with Crippen LogP contribution in [0.4, 0.5) is 17.6 Å². The van der Waals surface area contributed by atoms with Crippen LogP contribution in [0.5, 0.6) is 0 Å². The van der Waals surface area contributed by atoms with Gasteiger partial charge in [-0.05, 0) is 0 Å². The Bertz CT molecular complexity index is 1440. The van der Waals surface area contributed by atoms with Crippen LogP contribution in [-0.4, -0.2) is 27.5 Å². The van der Waals surface area contributed by atoms with Crippen molar-refractivity contribution < 1.29 is 17.6 Å². The molecule has 2 aliphatic carbocycles. The number of hydrogen-bond donors (Lipinski definition) is 0. The maximum atomic E-state index is 16.7. The molecule has 2 aliphatic rings. The summed E-state index contributed by atoms with van der Waals surface area (Å²) in [5.41, 5.74) is 0.281. The third-order valence-corrected chi connectivity index (χ3v) is 22.8. The van der Waals surface area contributed by atoms with E-state index in [-0.39, 0.29) is 18.5 Å². The Morgan fingerprint density at radius 3 is 1.22 bits per heavy atom. The first-order chi connectivity index (χ1) is 18.0. The van der Waals surface area contributed by atoms with Gasteiger partial charge in [0.05, 0.1) is 0 Å². The van der Waals surface area contributed by atoms with Gasteiger partial charge in [-0.2, -0.15) is 0 Å². The monoisotopic (exact) mass is 606 g/mol. The Kier molecular flexibility index (Phi) is 6.07. The Hall–Kier alpha value is -3.52. The number of benzene rings is 2. The second kappa shape index (κ2) is 9.41. The third-order valence-electron chi connectivity index (χ3n) is 7.28. The molecule has 0 amide bonds. The molecule has 184 valence electrons. The standard InChI is InChI=1S/2C10H6F2N.2C5H5.Sn/c2*11-8-3-4-10(9(12)7-8)13-5-1-2-6-13;2*1-2-4-5-3-1;/h2*1-6H;2*1-5H;. The minimum atomic E-state index is -5.16. The molecule has 37 heavy (non-hydrogen) atoms. The van der Waals surface area contributed by atoms with Crippen molar-refractivity contribution in [1.82, 2.24) is 9.13 Å². The van der Waals surface area contributed by atoms with Crippen molar-refractivity contribution in [1.29, 1.82) is 0 Å². The summed E-state index contributed by atoms with van der Waals surface area (Å²) in [6, 6.07) is 12.1. The van der Waals surface area contributed by atoms with Gasteiger partial charge in [0, 0.05) is 0 Å². The van der Waals surface area contributed by atoms with Crippen molar-refractivity contribution >= 4 is 25.5 Å². The van der Waals surface area contributed by atoms with Gasteiger partial charge in [-0.1, -0.05) is 0 Å². The van der Waals surface area contributed by atoms with E-state index in [4.69, 9.17) is 0 Å². The topological polar surface area (TPSA) is 9.86 Å². The van der Waals surface area contributed by atoms with E-state index in [1.54, 1.807) is 82.5 Å². The number of halogens is 4. The van der Waals surface area contributed by atoms with Gasteiger partial charge in [0.1, 0.15) is 0 Å². The first-order valence-corrected chi connectivity index (χ1v) is 18.1. The van der Waals surface area contributed by atoms with Crippen molar-refractivity contribution in [3.63, 3.8) is 0 Å². The Morgan fingerprint density at radius 1 is 0.514 bits per heavy atom. The number of allylic oxidation sites excluding steroid dienone is 8. The van der Waals surface area contributed by atoms with Gasteiger partial charge in [-0.25, -0.2) is 0 Å². The van der Waals surface area contributed by atoms with E-state index >= 15 is 17.6 Å². The Labute approximate surface area is 216 Å². The van der Waals surface area contributed by atoms with Gasteiger partial charge in [-0.3, -0.25) is 0 Å². The summed E-state index contributed by atoms with van der Waals surface area (Å²) in [7, 11) is 0. The molecule has 0 unspecified atom stereocenters. The molecule has 0 aliphatic heterocycles. The average molecular weight is 605 g/mol. The van der Waals surface area contributed by atoms with E-state index in [0.717, 1.165) is 0 Å².